The fraction of sp³-hybridized carbons (Fsp3) is 0. The van der Waals surface area contributed by atoms with E-state index < -0.39 is 0 Å². The Morgan fingerprint density at radius 2 is 1.24 bits per heavy atom. The number of rotatable bonds is 1. The Morgan fingerprint density at radius 3 is 1.98 bits per heavy atom. The molecule has 0 saturated heterocycles. The summed E-state index contributed by atoms with van der Waals surface area (Å²) in [5, 5.41) is 10.4. The highest BCUT2D eigenvalue weighted by atomic mass is 16.3. The highest BCUT2D eigenvalue weighted by Crippen LogP contribution is 2.50. The Bertz CT molecular complexity index is 2350. The second-order valence-electron chi connectivity index (χ2n) is 10.3. The summed E-state index contributed by atoms with van der Waals surface area (Å²) >= 11 is 0. The molecule has 6 heteroatoms. The van der Waals surface area contributed by atoms with Crippen molar-refractivity contribution in [3.8, 4) is 22.3 Å². The lowest BCUT2D eigenvalue weighted by Gasteiger charge is -2.27. The van der Waals surface area contributed by atoms with Crippen molar-refractivity contribution in [3.63, 3.8) is 0 Å². The Kier molecular flexibility index (Phi) is 4.38. The van der Waals surface area contributed by atoms with Crippen LogP contribution in [0.2, 0.25) is 0 Å². The summed E-state index contributed by atoms with van der Waals surface area (Å²) in [6.07, 6.45) is 0. The highest BCUT2D eigenvalue weighted by molar-refractivity contribution is 6.04. The molecule has 192 valence electrons. The largest absolute Gasteiger partial charge is 0.437 e. The quantitative estimate of drug-likeness (QED) is 0.218. The molecule has 1 aliphatic rings. The summed E-state index contributed by atoms with van der Waals surface area (Å²) < 4.78 is 8.19. The SMILES string of the molecule is N=c1nc2oc3cc(N4c5ccccc5-c5ccccc5-c5ccccc54)ccc3cc2c2nc3ccccc3n12. The van der Waals surface area contributed by atoms with Gasteiger partial charge in [-0.05, 0) is 53.6 Å². The van der Waals surface area contributed by atoms with Crippen LogP contribution in [-0.4, -0.2) is 14.4 Å². The monoisotopic (exact) mass is 527 g/mol. The van der Waals surface area contributed by atoms with E-state index in [0.29, 0.717) is 16.9 Å². The molecule has 9 rings (SSSR count). The molecule has 0 amide bonds. The van der Waals surface area contributed by atoms with Crippen LogP contribution in [-0.2, 0) is 0 Å². The zero-order valence-corrected chi connectivity index (χ0v) is 21.7. The highest BCUT2D eigenvalue weighted by Gasteiger charge is 2.26. The van der Waals surface area contributed by atoms with E-state index >= 15 is 0 Å². The van der Waals surface area contributed by atoms with Crippen LogP contribution in [0.25, 0.3) is 61.0 Å². The van der Waals surface area contributed by atoms with E-state index in [-0.39, 0.29) is 5.62 Å². The normalized spacial score (nSPS) is 12.4. The average molecular weight is 528 g/mol. The van der Waals surface area contributed by atoms with Gasteiger partial charge in [0.1, 0.15) is 5.58 Å². The van der Waals surface area contributed by atoms with Gasteiger partial charge in [-0.1, -0.05) is 72.8 Å². The number of anilines is 3. The van der Waals surface area contributed by atoms with E-state index in [9.17, 15) is 0 Å². The number of aromatic nitrogens is 3. The minimum Gasteiger partial charge on any atom is -0.437 e. The molecule has 4 heterocycles. The number of fused-ring (bicyclic) bond motifs is 11. The van der Waals surface area contributed by atoms with Gasteiger partial charge in [-0.25, -0.2) is 4.98 Å². The molecule has 0 spiro atoms. The molecule has 8 aromatic rings. The summed E-state index contributed by atoms with van der Waals surface area (Å²) in [4.78, 5) is 11.7. The van der Waals surface area contributed by atoms with Gasteiger partial charge >= 0.3 is 0 Å². The Morgan fingerprint density at radius 1 is 0.610 bits per heavy atom. The molecule has 0 unspecified atom stereocenters. The van der Waals surface area contributed by atoms with Crippen LogP contribution in [0.3, 0.4) is 0 Å². The molecular formula is C35H21N5O. The van der Waals surface area contributed by atoms with Gasteiger partial charge in [0.25, 0.3) is 0 Å². The van der Waals surface area contributed by atoms with Crippen LogP contribution in [0.15, 0.2) is 126 Å². The van der Waals surface area contributed by atoms with Gasteiger partial charge in [-0.3, -0.25) is 9.81 Å². The molecule has 1 aliphatic heterocycles. The summed E-state index contributed by atoms with van der Waals surface area (Å²) in [5.74, 6) is 0. The standard InChI is InChI=1S/C35H21N5O/c36-35-38-34-27(33-37-28-13-5-8-16-31(28)40(33)35)19-21-17-18-22(20-32(21)41-34)39-29-14-6-3-11-25(29)23-9-1-2-10-24(23)26-12-4-7-15-30(26)39/h1-20,36H. The lowest BCUT2D eigenvalue weighted by molar-refractivity contribution is 0.639. The molecule has 0 aliphatic carbocycles. The number of para-hydroxylation sites is 4. The molecule has 0 saturated carbocycles. The minimum absolute atomic E-state index is 0.0913. The third kappa shape index (κ3) is 3.10. The van der Waals surface area contributed by atoms with Crippen LogP contribution in [0, 0.1) is 5.41 Å². The van der Waals surface area contributed by atoms with Gasteiger partial charge in [-0.15, -0.1) is 0 Å². The van der Waals surface area contributed by atoms with Gasteiger partial charge in [0, 0.05) is 28.3 Å². The summed E-state index contributed by atoms with van der Waals surface area (Å²) in [5.41, 5.74) is 11.5. The fourth-order valence-corrected chi connectivity index (χ4v) is 6.21. The van der Waals surface area contributed by atoms with E-state index in [0.717, 1.165) is 38.9 Å². The van der Waals surface area contributed by atoms with Crippen molar-refractivity contribution < 1.29 is 4.42 Å². The van der Waals surface area contributed by atoms with Crippen molar-refractivity contribution in [1.82, 2.24) is 14.4 Å². The molecule has 0 bridgehead atoms. The van der Waals surface area contributed by atoms with Crippen molar-refractivity contribution in [1.29, 1.82) is 5.41 Å². The van der Waals surface area contributed by atoms with Crippen molar-refractivity contribution in [2.24, 2.45) is 0 Å². The van der Waals surface area contributed by atoms with Gasteiger partial charge in [-0.2, -0.15) is 4.98 Å². The van der Waals surface area contributed by atoms with Crippen molar-refractivity contribution >= 4 is 55.8 Å². The third-order valence-electron chi connectivity index (χ3n) is 8.01. The first-order chi connectivity index (χ1) is 20.2. The van der Waals surface area contributed by atoms with Crippen molar-refractivity contribution in [3.05, 3.63) is 127 Å². The maximum Gasteiger partial charge on any atom is 0.233 e. The van der Waals surface area contributed by atoms with E-state index in [4.69, 9.17) is 14.8 Å². The number of nitrogens with one attached hydrogen (secondary N) is 1. The molecule has 41 heavy (non-hydrogen) atoms. The van der Waals surface area contributed by atoms with Gasteiger partial charge in [0.2, 0.25) is 11.3 Å². The summed E-state index contributed by atoms with van der Waals surface area (Å²) in [7, 11) is 0. The molecule has 0 radical (unpaired) electrons. The zero-order chi connectivity index (χ0) is 27.1. The first-order valence-electron chi connectivity index (χ1n) is 13.5. The van der Waals surface area contributed by atoms with Crippen LogP contribution < -0.4 is 10.5 Å². The molecule has 3 aromatic heterocycles. The fourth-order valence-electron chi connectivity index (χ4n) is 6.21. The Hall–Kier alpha value is -5.75. The lowest BCUT2D eigenvalue weighted by atomic mass is 9.95. The number of benzene rings is 5. The Balaban J connectivity index is 1.31. The third-order valence-corrected chi connectivity index (χ3v) is 8.01. The second-order valence-corrected chi connectivity index (χ2v) is 10.3. The van der Waals surface area contributed by atoms with Crippen molar-refractivity contribution in [2.75, 3.05) is 4.90 Å². The topological polar surface area (TPSA) is 70.4 Å². The first kappa shape index (κ1) is 22.1. The molecule has 6 nitrogen and oxygen atoms in total. The van der Waals surface area contributed by atoms with Gasteiger partial charge in [0.15, 0.2) is 5.65 Å². The first-order valence-corrected chi connectivity index (χ1v) is 13.5. The second kappa shape index (κ2) is 8.13. The predicted molar refractivity (Wildman–Crippen MR) is 163 cm³/mol. The number of hydrogen-bond acceptors (Lipinski definition) is 5. The van der Waals surface area contributed by atoms with E-state index in [1.807, 2.05) is 24.3 Å². The van der Waals surface area contributed by atoms with Gasteiger partial charge < -0.3 is 9.32 Å². The molecule has 1 N–H and O–H groups in total. The molecule has 0 fully saturated rings. The van der Waals surface area contributed by atoms with E-state index in [1.54, 1.807) is 4.40 Å². The number of nitrogens with zero attached hydrogens (tertiary/aromatic N) is 4. The van der Waals surface area contributed by atoms with Crippen LogP contribution in [0.1, 0.15) is 0 Å². The van der Waals surface area contributed by atoms with E-state index in [1.165, 1.54) is 22.3 Å². The average Bonchev–Trinajstić information content (AvgIpc) is 3.36. The molecule has 0 atom stereocenters. The predicted octanol–water partition coefficient (Wildman–Crippen LogP) is 8.38. The zero-order valence-electron chi connectivity index (χ0n) is 21.7. The number of hydrogen-bond donors (Lipinski definition) is 1. The maximum absolute atomic E-state index is 8.65. The van der Waals surface area contributed by atoms with E-state index in [2.05, 4.69) is 107 Å². The Labute approximate surface area is 233 Å². The van der Waals surface area contributed by atoms with Crippen molar-refractivity contribution in [2.45, 2.75) is 0 Å². The summed E-state index contributed by atoms with van der Waals surface area (Å²) in [6.45, 7) is 0. The van der Waals surface area contributed by atoms with Crippen LogP contribution >= 0.6 is 0 Å². The summed E-state index contributed by atoms with van der Waals surface area (Å²) in [6, 6.07) is 41.8. The molecular weight excluding hydrogens is 506 g/mol. The van der Waals surface area contributed by atoms with Crippen LogP contribution in [0.5, 0.6) is 0 Å². The number of imidazole rings is 1. The smallest absolute Gasteiger partial charge is 0.233 e. The maximum atomic E-state index is 8.65. The molecule has 5 aromatic carbocycles. The lowest BCUT2D eigenvalue weighted by Crippen LogP contribution is -2.16. The van der Waals surface area contributed by atoms with Gasteiger partial charge in [0.05, 0.1) is 27.8 Å². The van der Waals surface area contributed by atoms with Crippen LogP contribution in [0.4, 0.5) is 17.1 Å². The minimum atomic E-state index is 0.0913.